The summed E-state index contributed by atoms with van der Waals surface area (Å²) in [6, 6.07) is 4.88. The van der Waals surface area contributed by atoms with Crippen LogP contribution in [0.4, 0.5) is 5.69 Å². The summed E-state index contributed by atoms with van der Waals surface area (Å²) in [7, 11) is 1.66. The molecule has 0 aliphatic carbocycles. The fourth-order valence-corrected chi connectivity index (χ4v) is 1.91. The number of nitrogens with zero attached hydrogens (tertiary/aromatic N) is 1. The first kappa shape index (κ1) is 17.1. The second-order valence-electron chi connectivity index (χ2n) is 4.18. The molecule has 3 N–H and O–H groups in total. The molecule has 0 bridgehead atoms. The first-order valence-electron chi connectivity index (χ1n) is 6.41. The van der Waals surface area contributed by atoms with Gasteiger partial charge in [0, 0.05) is 24.4 Å². The number of anilines is 1. The van der Waals surface area contributed by atoms with Gasteiger partial charge in [0.25, 0.3) is 0 Å². The van der Waals surface area contributed by atoms with Crippen molar-refractivity contribution in [1.82, 2.24) is 0 Å². The minimum absolute atomic E-state index is 0.0971. The second-order valence-corrected chi connectivity index (χ2v) is 4.75. The van der Waals surface area contributed by atoms with Gasteiger partial charge in [0.2, 0.25) is 0 Å². The normalized spacial score (nSPS) is 11.7. The molecule has 0 fully saturated rings. The van der Waals surface area contributed by atoms with E-state index in [1.54, 1.807) is 31.5 Å². The Balaban J connectivity index is 3.00. The largest absolute Gasteiger partial charge is 0.456 e. The minimum Gasteiger partial charge on any atom is -0.456 e. The molecule has 0 aliphatic heterocycles. The zero-order valence-electron chi connectivity index (χ0n) is 12.0. The highest BCUT2D eigenvalue weighted by molar-refractivity contribution is 9.09. The molecule has 1 aromatic carbocycles. The molecule has 0 saturated heterocycles. The lowest BCUT2D eigenvalue weighted by Gasteiger charge is -2.10. The van der Waals surface area contributed by atoms with Crippen molar-refractivity contribution in [1.29, 1.82) is 5.41 Å². The van der Waals surface area contributed by atoms with Crippen molar-refractivity contribution < 1.29 is 9.53 Å². The molecule has 0 saturated carbocycles. The van der Waals surface area contributed by atoms with Crippen molar-refractivity contribution in [3.63, 3.8) is 0 Å². The average molecular weight is 352 g/mol. The van der Waals surface area contributed by atoms with Crippen LogP contribution in [0.1, 0.15) is 18.9 Å². The Hall–Kier alpha value is -1.95. The molecule has 0 spiro atoms. The predicted octanol–water partition coefficient (Wildman–Crippen LogP) is 2.97. The molecule has 0 amide bonds. The van der Waals surface area contributed by atoms with E-state index >= 15 is 0 Å². The summed E-state index contributed by atoms with van der Waals surface area (Å²) < 4.78 is 5.66. The van der Waals surface area contributed by atoms with Gasteiger partial charge in [-0.3, -0.25) is 15.2 Å². The van der Waals surface area contributed by atoms with Gasteiger partial charge in [-0.1, -0.05) is 22.9 Å². The quantitative estimate of drug-likeness (QED) is 0.342. The second kappa shape index (κ2) is 8.36. The zero-order valence-corrected chi connectivity index (χ0v) is 13.6. The number of allylic oxidation sites excluding steroid dienone is 2. The Morgan fingerprint density at radius 1 is 1.52 bits per heavy atom. The standard InChI is InChI=1S/C15H18BrN3O2/c1-3-4-11(9-19-2)21-10-5-6-12(13(17)7-10)15(18)14(20)8-16/h4-7,9,18H,3,8,17H2,1-2H3/b11-4+,18-15?,19-9?. The monoisotopic (exact) mass is 351 g/mol. The van der Waals surface area contributed by atoms with E-state index in [1.165, 1.54) is 0 Å². The van der Waals surface area contributed by atoms with Gasteiger partial charge in [0.15, 0.2) is 5.78 Å². The molecule has 6 heteroatoms. The number of ketones is 1. The fourth-order valence-electron chi connectivity index (χ4n) is 1.63. The number of nitrogens with one attached hydrogen (secondary N) is 1. The number of Topliss-reactive ketones (excluding diaryl/α,β-unsaturated/α-hetero) is 1. The summed E-state index contributed by atoms with van der Waals surface area (Å²) in [4.78, 5) is 15.4. The number of rotatable bonds is 7. The predicted molar refractivity (Wildman–Crippen MR) is 89.9 cm³/mol. The van der Waals surface area contributed by atoms with Crippen LogP contribution in [0.3, 0.4) is 0 Å². The van der Waals surface area contributed by atoms with Gasteiger partial charge in [0.05, 0.1) is 11.5 Å². The average Bonchev–Trinajstić information content (AvgIpc) is 2.46. The molecule has 0 aromatic heterocycles. The number of nitrogens with two attached hydrogens (primary N) is 1. The van der Waals surface area contributed by atoms with E-state index < -0.39 is 0 Å². The number of carbonyl (C=O) groups excluding carboxylic acids is 1. The minimum atomic E-state index is -0.319. The first-order valence-corrected chi connectivity index (χ1v) is 7.53. The molecule has 1 rings (SSSR count). The van der Waals surface area contributed by atoms with Crippen LogP contribution in [0, 0.1) is 5.41 Å². The van der Waals surface area contributed by atoms with Crippen molar-refractivity contribution in [2.45, 2.75) is 13.3 Å². The molecular weight excluding hydrogens is 334 g/mol. The molecule has 0 heterocycles. The van der Waals surface area contributed by atoms with Gasteiger partial charge >= 0.3 is 0 Å². The van der Waals surface area contributed by atoms with E-state index in [0.717, 1.165) is 6.42 Å². The Labute approximate surface area is 132 Å². The molecule has 0 radical (unpaired) electrons. The maximum Gasteiger partial charge on any atom is 0.191 e. The van der Waals surface area contributed by atoms with Crippen LogP contribution in [-0.2, 0) is 4.79 Å². The van der Waals surface area contributed by atoms with Gasteiger partial charge in [-0.2, -0.15) is 0 Å². The number of alkyl halides is 1. The van der Waals surface area contributed by atoms with E-state index in [4.69, 9.17) is 15.9 Å². The summed E-state index contributed by atoms with van der Waals surface area (Å²) in [5, 5.41) is 7.88. The van der Waals surface area contributed by atoms with Crippen molar-refractivity contribution in [3.8, 4) is 5.75 Å². The number of nitrogen functional groups attached to an aromatic ring is 1. The van der Waals surface area contributed by atoms with Gasteiger partial charge < -0.3 is 10.5 Å². The lowest BCUT2D eigenvalue weighted by atomic mass is 10.1. The Bertz CT molecular complexity index is 595. The summed E-state index contributed by atoms with van der Waals surface area (Å²) in [6.07, 6.45) is 4.33. The van der Waals surface area contributed by atoms with Crippen LogP contribution in [0.25, 0.3) is 0 Å². The van der Waals surface area contributed by atoms with E-state index in [2.05, 4.69) is 20.9 Å². The van der Waals surface area contributed by atoms with E-state index in [-0.39, 0.29) is 16.8 Å². The molecule has 1 aromatic rings. The summed E-state index contributed by atoms with van der Waals surface area (Å²) in [6.45, 7) is 2.00. The van der Waals surface area contributed by atoms with Crippen molar-refractivity contribution in [2.75, 3.05) is 18.1 Å². The molecule has 0 unspecified atom stereocenters. The maximum absolute atomic E-state index is 11.5. The van der Waals surface area contributed by atoms with Gasteiger partial charge in [-0.15, -0.1) is 0 Å². The van der Waals surface area contributed by atoms with E-state index in [9.17, 15) is 4.79 Å². The molecular formula is C15H18BrN3O2. The van der Waals surface area contributed by atoms with E-state index in [0.29, 0.717) is 22.8 Å². The van der Waals surface area contributed by atoms with Crippen molar-refractivity contribution in [2.24, 2.45) is 4.99 Å². The number of aliphatic imine (C=N–C) groups is 1. The third kappa shape index (κ3) is 4.82. The summed E-state index contributed by atoms with van der Waals surface area (Å²) in [5.41, 5.74) is 6.51. The highest BCUT2D eigenvalue weighted by Crippen LogP contribution is 2.22. The highest BCUT2D eigenvalue weighted by Gasteiger charge is 2.14. The fraction of sp³-hybridized carbons (Fsp3) is 0.267. The number of ether oxygens (including phenoxy) is 1. The van der Waals surface area contributed by atoms with Crippen LogP contribution >= 0.6 is 15.9 Å². The number of hydrogen-bond donors (Lipinski definition) is 2. The topological polar surface area (TPSA) is 88.5 Å². The summed E-state index contributed by atoms with van der Waals surface area (Å²) >= 11 is 3.04. The molecule has 0 aliphatic rings. The highest BCUT2D eigenvalue weighted by atomic mass is 79.9. The van der Waals surface area contributed by atoms with Gasteiger partial charge in [-0.05, 0) is 24.6 Å². The third-order valence-electron chi connectivity index (χ3n) is 2.59. The number of hydrogen-bond acceptors (Lipinski definition) is 5. The van der Waals surface area contributed by atoms with Gasteiger partial charge in [0.1, 0.15) is 17.2 Å². The van der Waals surface area contributed by atoms with Crippen molar-refractivity contribution in [3.05, 3.63) is 35.6 Å². The molecule has 112 valence electrons. The van der Waals surface area contributed by atoms with Crippen molar-refractivity contribution >= 4 is 39.3 Å². The SMILES string of the molecule is CC/C=C(\C=NC)Oc1ccc(C(=N)C(=O)CBr)c(N)c1. The van der Waals surface area contributed by atoms with Crippen LogP contribution in [0.2, 0.25) is 0 Å². The smallest absolute Gasteiger partial charge is 0.191 e. The lowest BCUT2D eigenvalue weighted by molar-refractivity contribution is -0.110. The number of halogens is 1. The zero-order chi connectivity index (χ0) is 15.8. The first-order chi connectivity index (χ1) is 10.0. The Morgan fingerprint density at radius 3 is 2.76 bits per heavy atom. The van der Waals surface area contributed by atoms with Crippen LogP contribution in [0.5, 0.6) is 5.75 Å². The Morgan fingerprint density at radius 2 is 2.24 bits per heavy atom. The molecule has 21 heavy (non-hydrogen) atoms. The summed E-state index contributed by atoms with van der Waals surface area (Å²) in [5.74, 6) is 0.841. The molecule has 5 nitrogen and oxygen atoms in total. The van der Waals surface area contributed by atoms with Crippen LogP contribution in [-0.4, -0.2) is 30.1 Å². The maximum atomic E-state index is 11.5. The third-order valence-corrected chi connectivity index (χ3v) is 3.10. The van der Waals surface area contributed by atoms with Crippen LogP contribution in [0.15, 0.2) is 35.0 Å². The number of benzene rings is 1. The van der Waals surface area contributed by atoms with Gasteiger partial charge in [-0.25, -0.2) is 0 Å². The lowest BCUT2D eigenvalue weighted by Crippen LogP contribution is -2.16. The Kier molecular flexibility index (Phi) is 6.81. The number of carbonyl (C=O) groups is 1. The van der Waals surface area contributed by atoms with Crippen LogP contribution < -0.4 is 10.5 Å². The molecule has 0 atom stereocenters. The van der Waals surface area contributed by atoms with E-state index in [1.807, 2.05) is 13.0 Å².